The minimum absolute atomic E-state index is 0.101. The summed E-state index contributed by atoms with van der Waals surface area (Å²) in [6.07, 6.45) is -0.342. The van der Waals surface area contributed by atoms with Crippen LogP contribution < -0.4 is 15.4 Å². The van der Waals surface area contributed by atoms with E-state index >= 15 is 0 Å². The Labute approximate surface area is 152 Å². The molecular formula is C16H23N3O6S. The summed E-state index contributed by atoms with van der Waals surface area (Å²) in [5.74, 6) is -1.06. The molecule has 10 heteroatoms. The van der Waals surface area contributed by atoms with Gasteiger partial charge in [0.15, 0.2) is 0 Å². The average Bonchev–Trinajstić information content (AvgIpc) is 2.66. The molecule has 2 rings (SSSR count). The van der Waals surface area contributed by atoms with Gasteiger partial charge in [0.2, 0.25) is 10.0 Å². The summed E-state index contributed by atoms with van der Waals surface area (Å²) in [6.45, 7) is 2.53. The van der Waals surface area contributed by atoms with Crippen LogP contribution in [0, 0.1) is 0 Å². The Bertz CT molecular complexity index is 735. The third-order valence-electron chi connectivity index (χ3n) is 3.80. The summed E-state index contributed by atoms with van der Waals surface area (Å²) in [4.78, 5) is 23.3. The molecule has 9 nitrogen and oxygen atoms in total. The van der Waals surface area contributed by atoms with Gasteiger partial charge >= 0.3 is 11.8 Å². The fourth-order valence-corrected chi connectivity index (χ4v) is 4.05. The van der Waals surface area contributed by atoms with E-state index in [-0.39, 0.29) is 18.0 Å². The number of nitrogens with zero attached hydrogens (tertiary/aromatic N) is 1. The van der Waals surface area contributed by atoms with Gasteiger partial charge in [-0.05, 0) is 37.6 Å². The van der Waals surface area contributed by atoms with E-state index in [0.29, 0.717) is 25.3 Å². The van der Waals surface area contributed by atoms with Gasteiger partial charge < -0.3 is 20.1 Å². The number of hydrogen-bond acceptors (Lipinski definition) is 6. The minimum Gasteiger partial charge on any atom is -0.497 e. The van der Waals surface area contributed by atoms with Gasteiger partial charge in [-0.1, -0.05) is 0 Å². The summed E-state index contributed by atoms with van der Waals surface area (Å²) in [6, 6.07) is 6.02. The molecule has 1 fully saturated rings. The maximum atomic E-state index is 12.9. The van der Waals surface area contributed by atoms with Crippen molar-refractivity contribution in [1.29, 1.82) is 0 Å². The highest BCUT2D eigenvalue weighted by molar-refractivity contribution is 7.89. The largest absolute Gasteiger partial charge is 0.497 e. The number of benzene rings is 1. The van der Waals surface area contributed by atoms with E-state index in [2.05, 4.69) is 10.6 Å². The third-order valence-corrected chi connectivity index (χ3v) is 5.70. The van der Waals surface area contributed by atoms with Crippen molar-refractivity contribution in [2.24, 2.45) is 0 Å². The van der Waals surface area contributed by atoms with Crippen molar-refractivity contribution >= 4 is 21.8 Å². The predicted octanol–water partition coefficient (Wildman–Crippen LogP) is -0.315. The molecule has 144 valence electrons. The highest BCUT2D eigenvalue weighted by atomic mass is 32.2. The van der Waals surface area contributed by atoms with Crippen LogP contribution in [0.3, 0.4) is 0 Å². The topological polar surface area (TPSA) is 114 Å². The fraction of sp³-hybridized carbons (Fsp3) is 0.500. The lowest BCUT2D eigenvalue weighted by Crippen LogP contribution is -2.53. The van der Waals surface area contributed by atoms with Gasteiger partial charge in [0, 0.05) is 13.1 Å². The van der Waals surface area contributed by atoms with Crippen LogP contribution >= 0.6 is 0 Å². The highest BCUT2D eigenvalue weighted by Crippen LogP contribution is 2.23. The summed E-state index contributed by atoms with van der Waals surface area (Å²) in [7, 11) is -2.32. The number of nitrogens with one attached hydrogen (secondary N) is 2. The van der Waals surface area contributed by atoms with Crippen LogP contribution in [0.15, 0.2) is 29.2 Å². The van der Waals surface area contributed by atoms with Gasteiger partial charge in [-0.25, -0.2) is 8.42 Å². The zero-order valence-electron chi connectivity index (χ0n) is 14.7. The van der Waals surface area contributed by atoms with Crippen molar-refractivity contribution in [3.05, 3.63) is 24.3 Å². The Kier molecular flexibility index (Phi) is 6.95. The first-order valence-electron chi connectivity index (χ1n) is 8.23. The summed E-state index contributed by atoms with van der Waals surface area (Å²) in [5, 5.41) is 4.78. The minimum atomic E-state index is -3.81. The monoisotopic (exact) mass is 385 g/mol. The lowest BCUT2D eigenvalue weighted by Gasteiger charge is -2.34. The number of carbonyl (C=O) groups is 2. The summed E-state index contributed by atoms with van der Waals surface area (Å²) >= 11 is 0. The number of carbonyl (C=O) groups excluding carboxylic acids is 2. The Hall–Kier alpha value is -2.17. The fourth-order valence-electron chi connectivity index (χ4n) is 2.49. The zero-order valence-corrected chi connectivity index (χ0v) is 15.5. The van der Waals surface area contributed by atoms with Crippen LogP contribution in [-0.2, 0) is 24.3 Å². The molecule has 2 amide bonds. The van der Waals surface area contributed by atoms with Crippen molar-refractivity contribution in [3.63, 3.8) is 0 Å². The third kappa shape index (κ3) is 4.71. The van der Waals surface area contributed by atoms with Crippen LogP contribution in [0.1, 0.15) is 13.3 Å². The lowest BCUT2D eigenvalue weighted by molar-refractivity contribution is -0.140. The Morgan fingerprint density at radius 3 is 2.50 bits per heavy atom. The summed E-state index contributed by atoms with van der Waals surface area (Å²) < 4.78 is 37.5. The van der Waals surface area contributed by atoms with E-state index in [1.165, 1.54) is 23.5 Å². The van der Waals surface area contributed by atoms with E-state index in [1.807, 2.05) is 0 Å². The number of amides is 2. The number of ether oxygens (including phenoxy) is 2. The molecule has 0 saturated carbocycles. The zero-order chi connectivity index (χ0) is 19.2. The normalized spacial score (nSPS) is 18.2. The molecule has 1 aliphatic rings. The van der Waals surface area contributed by atoms with Gasteiger partial charge in [-0.2, -0.15) is 4.31 Å². The van der Waals surface area contributed by atoms with Gasteiger partial charge in [0.05, 0.1) is 25.2 Å². The molecule has 0 bridgehead atoms. The maximum Gasteiger partial charge on any atom is 0.309 e. The van der Waals surface area contributed by atoms with Crippen molar-refractivity contribution in [2.75, 3.05) is 33.4 Å². The van der Waals surface area contributed by atoms with Crippen LogP contribution in [0.4, 0.5) is 0 Å². The highest BCUT2D eigenvalue weighted by Gasteiger charge is 2.34. The molecule has 0 spiro atoms. The molecular weight excluding hydrogens is 362 g/mol. The molecule has 1 aromatic carbocycles. The molecule has 1 atom stereocenters. The second-order valence-electron chi connectivity index (χ2n) is 5.54. The quantitative estimate of drug-likeness (QED) is 0.649. The predicted molar refractivity (Wildman–Crippen MR) is 92.9 cm³/mol. The molecule has 26 heavy (non-hydrogen) atoms. The first kappa shape index (κ1) is 20.1. The molecule has 1 aromatic rings. The first-order chi connectivity index (χ1) is 12.4. The van der Waals surface area contributed by atoms with Gasteiger partial charge in [-0.3, -0.25) is 9.59 Å². The van der Waals surface area contributed by atoms with Crippen molar-refractivity contribution in [3.8, 4) is 5.75 Å². The molecule has 1 heterocycles. The molecule has 1 saturated heterocycles. The van der Waals surface area contributed by atoms with Crippen LogP contribution in [0.25, 0.3) is 0 Å². The smallest absolute Gasteiger partial charge is 0.309 e. The first-order valence-corrected chi connectivity index (χ1v) is 9.67. The van der Waals surface area contributed by atoms with Crippen LogP contribution in [0.2, 0.25) is 0 Å². The van der Waals surface area contributed by atoms with Gasteiger partial charge in [0.25, 0.3) is 0 Å². The van der Waals surface area contributed by atoms with Gasteiger partial charge in [-0.15, -0.1) is 0 Å². The number of methoxy groups -OCH3 is 1. The molecule has 0 aromatic heterocycles. The summed E-state index contributed by atoms with van der Waals surface area (Å²) in [5.41, 5.74) is 0. The SMILES string of the molecule is CCNC(=O)C(=O)NC[C@@H]1OCCCN1S(=O)(=O)c1ccc(OC)cc1. The van der Waals surface area contributed by atoms with Crippen molar-refractivity contribution in [2.45, 2.75) is 24.5 Å². The van der Waals surface area contributed by atoms with Crippen molar-refractivity contribution < 1.29 is 27.5 Å². The molecule has 0 aliphatic carbocycles. The standard InChI is InChI=1S/C16H23N3O6S/c1-3-17-15(20)16(21)18-11-14-19(9-4-10-25-14)26(22,23)13-7-5-12(24-2)6-8-13/h5-8,14H,3-4,9-11H2,1-2H3,(H,17,20)(H,18,21)/t14-/m0/s1. The number of likely N-dealkylation sites (N-methyl/N-ethyl adjacent to an activating group) is 1. The van der Waals surface area contributed by atoms with E-state index in [9.17, 15) is 18.0 Å². The number of sulfonamides is 1. The van der Waals surface area contributed by atoms with Crippen molar-refractivity contribution in [1.82, 2.24) is 14.9 Å². The van der Waals surface area contributed by atoms with E-state index in [1.54, 1.807) is 19.1 Å². The second-order valence-corrected chi connectivity index (χ2v) is 7.43. The molecule has 0 unspecified atom stereocenters. The lowest BCUT2D eigenvalue weighted by atomic mass is 10.3. The van der Waals surface area contributed by atoms with E-state index in [4.69, 9.17) is 9.47 Å². The van der Waals surface area contributed by atoms with Crippen LogP contribution in [0.5, 0.6) is 5.75 Å². The maximum absolute atomic E-state index is 12.9. The Morgan fingerprint density at radius 1 is 1.23 bits per heavy atom. The van der Waals surface area contributed by atoms with Crippen LogP contribution in [-0.4, -0.2) is 64.1 Å². The number of hydrogen-bond donors (Lipinski definition) is 2. The second kappa shape index (κ2) is 8.97. The average molecular weight is 385 g/mol. The van der Waals surface area contributed by atoms with Gasteiger partial charge in [0.1, 0.15) is 12.0 Å². The van der Waals surface area contributed by atoms with E-state index in [0.717, 1.165) is 0 Å². The molecule has 1 aliphatic heterocycles. The molecule has 2 N–H and O–H groups in total. The number of rotatable bonds is 6. The Balaban J connectivity index is 2.11. The molecule has 0 radical (unpaired) electrons. The van der Waals surface area contributed by atoms with E-state index < -0.39 is 28.1 Å². The Morgan fingerprint density at radius 2 is 1.88 bits per heavy atom.